The summed E-state index contributed by atoms with van der Waals surface area (Å²) in [5.74, 6) is 0.591. The van der Waals surface area contributed by atoms with Crippen molar-refractivity contribution in [1.82, 2.24) is 24.7 Å². The average molecular weight is 338 g/mol. The molecule has 3 aromatic heterocycles. The number of hydrogen-bond acceptors (Lipinski definition) is 7. The molecule has 116 valence electrons. The van der Waals surface area contributed by atoms with E-state index in [4.69, 9.17) is 0 Å². The minimum absolute atomic E-state index is 0.249. The van der Waals surface area contributed by atoms with Crippen LogP contribution < -0.4 is 10.0 Å². The summed E-state index contributed by atoms with van der Waals surface area (Å²) in [5, 5.41) is 3.06. The summed E-state index contributed by atoms with van der Waals surface area (Å²) in [6.45, 7) is 2.52. The molecule has 22 heavy (non-hydrogen) atoms. The molecule has 0 saturated heterocycles. The molecule has 0 aromatic carbocycles. The van der Waals surface area contributed by atoms with Crippen molar-refractivity contribution in [3.05, 3.63) is 29.7 Å². The molecule has 0 unspecified atom stereocenters. The molecule has 0 aliphatic rings. The number of fused-ring (bicyclic) bond motifs is 1. The summed E-state index contributed by atoms with van der Waals surface area (Å²) >= 11 is 1.25. The Morgan fingerprint density at radius 3 is 2.86 bits per heavy atom. The summed E-state index contributed by atoms with van der Waals surface area (Å²) in [4.78, 5) is 16.0. The smallest absolute Gasteiger partial charge is 0.250 e. The summed E-state index contributed by atoms with van der Waals surface area (Å²) in [7, 11) is -3.45. The van der Waals surface area contributed by atoms with Gasteiger partial charge in [0.05, 0.1) is 6.33 Å². The molecule has 0 aliphatic carbocycles. The number of imidazole rings is 1. The van der Waals surface area contributed by atoms with Crippen molar-refractivity contribution in [2.45, 2.75) is 11.1 Å². The first-order valence-electron chi connectivity index (χ1n) is 6.50. The van der Waals surface area contributed by atoms with Gasteiger partial charge in [0.15, 0.2) is 11.5 Å². The second-order valence-corrected chi connectivity index (χ2v) is 7.79. The number of nitrogens with one attached hydrogen (secondary N) is 3. The maximum Gasteiger partial charge on any atom is 0.250 e. The predicted molar refractivity (Wildman–Crippen MR) is 84.4 cm³/mol. The van der Waals surface area contributed by atoms with Gasteiger partial charge in [0.1, 0.15) is 16.1 Å². The van der Waals surface area contributed by atoms with Crippen molar-refractivity contribution in [2.24, 2.45) is 0 Å². The number of aromatic nitrogens is 4. The lowest BCUT2D eigenvalue weighted by atomic mass is 10.5. The third kappa shape index (κ3) is 3.08. The van der Waals surface area contributed by atoms with Crippen LogP contribution in [0.4, 0.5) is 5.82 Å². The minimum Gasteiger partial charge on any atom is -0.367 e. The Morgan fingerprint density at radius 2 is 2.09 bits per heavy atom. The van der Waals surface area contributed by atoms with Crippen LogP contribution in [-0.4, -0.2) is 41.4 Å². The third-order valence-corrected chi connectivity index (χ3v) is 5.87. The van der Waals surface area contributed by atoms with E-state index in [0.717, 1.165) is 4.88 Å². The molecular weight excluding hydrogens is 324 g/mol. The molecular formula is C12H14N6O2S2. The standard InChI is InChI=1S/C12H14N6O2S2/c1-8-2-3-9(21-8)22(19,20)18-5-4-13-11-10-12(15-6-14-10)17-7-16-11/h2-3,6-7,18H,4-5H2,1H3,(H2,13,14,15,16,17). The minimum atomic E-state index is -3.45. The van der Waals surface area contributed by atoms with Gasteiger partial charge in [-0.3, -0.25) is 0 Å². The largest absolute Gasteiger partial charge is 0.367 e. The fraction of sp³-hybridized carbons (Fsp3) is 0.250. The van der Waals surface area contributed by atoms with Crippen molar-refractivity contribution < 1.29 is 8.42 Å². The van der Waals surface area contributed by atoms with E-state index in [0.29, 0.717) is 27.7 Å². The fourth-order valence-electron chi connectivity index (χ4n) is 1.89. The van der Waals surface area contributed by atoms with E-state index >= 15 is 0 Å². The van der Waals surface area contributed by atoms with Crippen LogP contribution in [0.1, 0.15) is 4.88 Å². The number of aromatic amines is 1. The average Bonchev–Trinajstić information content (AvgIpc) is 3.12. The maximum absolute atomic E-state index is 12.1. The Labute approximate surface area is 131 Å². The van der Waals surface area contributed by atoms with Crippen molar-refractivity contribution in [3.8, 4) is 0 Å². The highest BCUT2D eigenvalue weighted by Gasteiger charge is 2.15. The lowest BCUT2D eigenvalue weighted by Gasteiger charge is -2.07. The Bertz CT molecular complexity index is 886. The Morgan fingerprint density at radius 1 is 1.23 bits per heavy atom. The number of anilines is 1. The topological polar surface area (TPSA) is 113 Å². The molecule has 0 spiro atoms. The van der Waals surface area contributed by atoms with Gasteiger partial charge in [-0.05, 0) is 19.1 Å². The van der Waals surface area contributed by atoms with Gasteiger partial charge in [-0.1, -0.05) is 0 Å². The number of H-pyrrole nitrogens is 1. The van der Waals surface area contributed by atoms with Crippen LogP contribution in [0.5, 0.6) is 0 Å². The fourth-order valence-corrected chi connectivity index (χ4v) is 4.25. The molecule has 0 saturated carbocycles. The highest BCUT2D eigenvalue weighted by atomic mass is 32.2. The highest BCUT2D eigenvalue weighted by Crippen LogP contribution is 2.20. The number of nitrogens with zero attached hydrogens (tertiary/aromatic N) is 3. The Kier molecular flexibility index (Phi) is 4.05. The van der Waals surface area contributed by atoms with Crippen LogP contribution in [-0.2, 0) is 10.0 Å². The lowest BCUT2D eigenvalue weighted by molar-refractivity contribution is 0.585. The van der Waals surface area contributed by atoms with E-state index in [1.807, 2.05) is 6.92 Å². The van der Waals surface area contributed by atoms with Gasteiger partial charge in [0.25, 0.3) is 0 Å². The zero-order valence-corrected chi connectivity index (χ0v) is 13.3. The Balaban J connectivity index is 1.59. The number of rotatable bonds is 6. The summed E-state index contributed by atoms with van der Waals surface area (Å²) in [5.41, 5.74) is 1.26. The molecule has 0 atom stereocenters. The van der Waals surface area contributed by atoms with Crippen LogP contribution in [0.25, 0.3) is 11.2 Å². The van der Waals surface area contributed by atoms with E-state index in [2.05, 4.69) is 30.0 Å². The molecule has 3 rings (SSSR count). The molecule has 3 aromatic rings. The van der Waals surface area contributed by atoms with Gasteiger partial charge in [0.2, 0.25) is 10.0 Å². The SMILES string of the molecule is Cc1ccc(S(=O)(=O)NCCNc2ncnc3nc[nH]c23)s1. The first kappa shape index (κ1) is 14.9. The van der Waals surface area contributed by atoms with Crippen LogP contribution in [0.3, 0.4) is 0 Å². The molecule has 8 nitrogen and oxygen atoms in total. The molecule has 3 N–H and O–H groups in total. The molecule has 0 bridgehead atoms. The van der Waals surface area contributed by atoms with Gasteiger partial charge in [-0.25, -0.2) is 28.1 Å². The molecule has 0 amide bonds. The zero-order chi connectivity index (χ0) is 15.6. The molecule has 0 aliphatic heterocycles. The van der Waals surface area contributed by atoms with Crippen LogP contribution in [0, 0.1) is 6.92 Å². The summed E-state index contributed by atoms with van der Waals surface area (Å²) in [6, 6.07) is 3.39. The Hall–Kier alpha value is -2.04. The van der Waals surface area contributed by atoms with E-state index in [-0.39, 0.29) is 6.54 Å². The van der Waals surface area contributed by atoms with Crippen molar-refractivity contribution in [3.63, 3.8) is 0 Å². The number of thiophene rings is 1. The van der Waals surface area contributed by atoms with Gasteiger partial charge in [-0.2, -0.15) is 0 Å². The monoisotopic (exact) mass is 338 g/mol. The first-order chi connectivity index (χ1) is 10.6. The third-order valence-electron chi connectivity index (χ3n) is 2.91. The predicted octanol–water partition coefficient (Wildman–Crippen LogP) is 1.11. The highest BCUT2D eigenvalue weighted by molar-refractivity contribution is 7.91. The van der Waals surface area contributed by atoms with Crippen LogP contribution in [0.2, 0.25) is 0 Å². The van der Waals surface area contributed by atoms with Gasteiger partial charge in [0, 0.05) is 18.0 Å². The van der Waals surface area contributed by atoms with Crippen molar-refractivity contribution in [2.75, 3.05) is 18.4 Å². The van der Waals surface area contributed by atoms with E-state index < -0.39 is 10.0 Å². The van der Waals surface area contributed by atoms with Gasteiger partial charge >= 0.3 is 0 Å². The van der Waals surface area contributed by atoms with E-state index in [9.17, 15) is 8.42 Å². The van der Waals surface area contributed by atoms with Crippen molar-refractivity contribution in [1.29, 1.82) is 0 Å². The van der Waals surface area contributed by atoms with E-state index in [1.165, 1.54) is 24.0 Å². The maximum atomic E-state index is 12.1. The number of aryl methyl sites for hydroxylation is 1. The normalized spacial score (nSPS) is 11.9. The number of hydrogen-bond donors (Lipinski definition) is 3. The first-order valence-corrected chi connectivity index (χ1v) is 8.80. The van der Waals surface area contributed by atoms with Gasteiger partial charge in [-0.15, -0.1) is 11.3 Å². The molecule has 10 heteroatoms. The number of sulfonamides is 1. The van der Waals surface area contributed by atoms with Gasteiger partial charge < -0.3 is 10.3 Å². The quantitative estimate of drug-likeness (QED) is 0.580. The molecule has 0 radical (unpaired) electrons. The molecule has 0 fully saturated rings. The lowest BCUT2D eigenvalue weighted by Crippen LogP contribution is -2.28. The van der Waals surface area contributed by atoms with Crippen molar-refractivity contribution >= 4 is 38.3 Å². The van der Waals surface area contributed by atoms with E-state index in [1.54, 1.807) is 12.1 Å². The summed E-state index contributed by atoms with van der Waals surface area (Å²) < 4.78 is 27.0. The zero-order valence-electron chi connectivity index (χ0n) is 11.7. The van der Waals surface area contributed by atoms with Crippen LogP contribution >= 0.6 is 11.3 Å². The van der Waals surface area contributed by atoms with Crippen LogP contribution in [0.15, 0.2) is 29.0 Å². The second kappa shape index (κ2) is 5.99. The second-order valence-electron chi connectivity index (χ2n) is 4.51. The summed E-state index contributed by atoms with van der Waals surface area (Å²) in [6.07, 6.45) is 2.94. The molecule has 3 heterocycles.